The van der Waals surface area contributed by atoms with Crippen LogP contribution in [0.15, 0.2) is 42.5 Å². The van der Waals surface area contributed by atoms with E-state index in [0.717, 1.165) is 0 Å². The van der Waals surface area contributed by atoms with Crippen LogP contribution in [-0.2, 0) is 24.2 Å². The molecule has 0 aliphatic heterocycles. The monoisotopic (exact) mass is 506 g/mol. The maximum Gasteiger partial charge on any atom is -0.0632 e. The fraction of sp³-hybridized carbons (Fsp3) is 0.346. The van der Waals surface area contributed by atoms with Crippen molar-refractivity contribution < 1.29 is 49.0 Å². The summed E-state index contributed by atoms with van der Waals surface area (Å²) in [5, 5.41) is 0. The van der Waals surface area contributed by atoms with Gasteiger partial charge in [0, 0.05) is 0 Å². The third-order valence-electron chi connectivity index (χ3n) is 5.56. The van der Waals surface area contributed by atoms with E-state index in [1.165, 1.54) is 77.5 Å². The molecular weight excluding hydrogens is 474 g/mol. The summed E-state index contributed by atoms with van der Waals surface area (Å²) in [7, 11) is 0. The van der Waals surface area contributed by atoms with E-state index in [2.05, 4.69) is 98.7 Å². The number of hydrogen-bond donors (Lipinski definition) is 0. The molecule has 0 heterocycles. The minimum absolute atomic E-state index is 0. The van der Waals surface area contributed by atoms with Gasteiger partial charge in [-0.1, -0.05) is 55.4 Å². The van der Waals surface area contributed by atoms with Crippen LogP contribution in [0, 0.1) is 55.4 Å². The van der Waals surface area contributed by atoms with Crippen LogP contribution in [0.5, 0.6) is 0 Å². The van der Waals surface area contributed by atoms with Crippen LogP contribution in [0.4, 0.5) is 0 Å². The summed E-state index contributed by atoms with van der Waals surface area (Å²) in [4.78, 5) is 0. The average molecular weight is 509 g/mol. The van der Waals surface area contributed by atoms with Crippen LogP contribution in [0.25, 0.3) is 0 Å². The van der Waals surface area contributed by atoms with Crippen molar-refractivity contribution in [2.45, 2.75) is 62.3 Å². The zero-order valence-corrected chi connectivity index (χ0v) is 23.3. The molecule has 0 saturated heterocycles. The van der Waals surface area contributed by atoms with E-state index in [9.17, 15) is 0 Å². The molecule has 3 aromatic rings. The van der Waals surface area contributed by atoms with Crippen molar-refractivity contribution in [1.82, 2.24) is 0 Å². The summed E-state index contributed by atoms with van der Waals surface area (Å²) in [5.41, 5.74) is 12.9. The molecule has 0 saturated carbocycles. The molecule has 158 valence electrons. The van der Waals surface area contributed by atoms with Gasteiger partial charge >= 0.3 is 70.3 Å². The first-order valence-electron chi connectivity index (χ1n) is 9.57. The van der Waals surface area contributed by atoms with Gasteiger partial charge < -0.3 is 24.8 Å². The van der Waals surface area contributed by atoms with E-state index in [-0.39, 0.29) is 24.8 Å². The fourth-order valence-electron chi connectivity index (χ4n) is 2.95. The van der Waals surface area contributed by atoms with Gasteiger partial charge in [0.25, 0.3) is 0 Å². The van der Waals surface area contributed by atoms with Crippen LogP contribution in [-0.4, -0.2) is 3.21 Å². The Hall–Kier alpha value is -0.747. The summed E-state index contributed by atoms with van der Waals surface area (Å²) < 4.78 is 1.46. The van der Waals surface area contributed by atoms with E-state index in [1.807, 2.05) is 6.07 Å². The number of rotatable bonds is 1. The van der Waals surface area contributed by atoms with E-state index in [0.29, 0.717) is 0 Å². The molecule has 0 aromatic heterocycles. The van der Waals surface area contributed by atoms with Crippen molar-refractivity contribution in [3.05, 3.63) is 92.5 Å². The molecule has 3 aromatic carbocycles. The summed E-state index contributed by atoms with van der Waals surface area (Å²) in [6.07, 6.45) is 0. The summed E-state index contributed by atoms with van der Waals surface area (Å²) in [6, 6.07) is 15.0. The molecule has 3 rings (SSSR count). The van der Waals surface area contributed by atoms with Crippen molar-refractivity contribution in [1.29, 1.82) is 0 Å². The summed E-state index contributed by atoms with van der Waals surface area (Å²) in [5.74, 6) is 0. The number of benzene rings is 1. The molecule has 0 amide bonds. The Morgan fingerprint density at radius 2 is 0.862 bits per heavy atom. The van der Waals surface area contributed by atoms with E-state index in [1.54, 1.807) is 0 Å². The van der Waals surface area contributed by atoms with Crippen LogP contribution < -0.4 is 24.8 Å². The molecule has 0 N–H and O–H groups in total. The van der Waals surface area contributed by atoms with Crippen molar-refractivity contribution in [3.63, 3.8) is 0 Å². The molecule has 0 spiro atoms. The minimum Gasteiger partial charge on any atom is -1.00 e. The Bertz CT molecular complexity index is 788. The van der Waals surface area contributed by atoms with Gasteiger partial charge in [-0.15, -0.1) is 0 Å². The van der Waals surface area contributed by atoms with E-state index < -0.39 is 0 Å². The van der Waals surface area contributed by atoms with Crippen LogP contribution >= 0.6 is 0 Å². The first-order chi connectivity index (χ1) is 12.6. The second-order valence-corrected chi connectivity index (χ2v) is 9.36. The Labute approximate surface area is 206 Å². The minimum atomic E-state index is 0. The number of halogens is 2. The maximum absolute atomic E-state index is 2.24. The maximum atomic E-state index is 2.24. The topological polar surface area (TPSA) is 0 Å². The van der Waals surface area contributed by atoms with Crippen LogP contribution in [0.1, 0.15) is 57.0 Å². The normalized spacial score (nSPS) is 9.21. The Morgan fingerprint density at radius 3 is 1.00 bits per heavy atom. The van der Waals surface area contributed by atoms with Crippen molar-refractivity contribution in [3.8, 4) is 0 Å². The van der Waals surface area contributed by atoms with E-state index in [4.69, 9.17) is 0 Å². The molecule has 0 aliphatic rings. The first kappa shape index (κ1) is 30.4. The average Bonchev–Trinajstić information content (AvgIpc) is 3.00. The van der Waals surface area contributed by atoms with Gasteiger partial charge in [0.15, 0.2) is 0 Å². The van der Waals surface area contributed by atoms with Gasteiger partial charge in [-0.05, 0) is 0 Å². The predicted octanol–water partition coefficient (Wildman–Crippen LogP) is 1.06. The van der Waals surface area contributed by atoms with Crippen molar-refractivity contribution in [2.24, 2.45) is 0 Å². The Balaban J connectivity index is 0. The molecule has 0 atom stereocenters. The van der Waals surface area contributed by atoms with Gasteiger partial charge in [-0.25, -0.2) is 0 Å². The third-order valence-corrected chi connectivity index (χ3v) is 6.27. The molecule has 0 aliphatic carbocycles. The second-order valence-electron chi connectivity index (χ2n) is 7.51. The first-order valence-corrected chi connectivity index (χ1v) is 10.8. The van der Waals surface area contributed by atoms with Crippen molar-refractivity contribution in [2.75, 3.05) is 0 Å². The quantitative estimate of drug-likeness (QED) is 0.432. The standard InChI is InChI=1S/2C9H13.C8H8.2ClH.Zr/c2*1-6-5-7(2)9(4)8(6)3;1-2-8-6-4-3-5-7-8;;;/h2*5H,1-4H3;3-7H,1H3;2*1H;/q2*-1;;;;+2/p-2. The molecule has 0 radical (unpaired) electrons. The molecule has 0 nitrogen and oxygen atoms in total. The SMILES string of the molecule is C[C](=[Zr+2])c1ccccc1.Cc1[cH-]c(C)c(C)c1C.Cc1[cH-]c(C)c(C)c1C.[Cl-].[Cl-]. The Morgan fingerprint density at radius 1 is 0.586 bits per heavy atom. The number of aryl methyl sites for hydroxylation is 4. The molecule has 29 heavy (non-hydrogen) atoms. The summed E-state index contributed by atoms with van der Waals surface area (Å²) >= 11 is 1.51. The van der Waals surface area contributed by atoms with Crippen LogP contribution in [0.2, 0.25) is 0 Å². The zero-order chi connectivity index (χ0) is 20.7. The van der Waals surface area contributed by atoms with Gasteiger partial charge in [0.2, 0.25) is 0 Å². The smallest absolute Gasteiger partial charge is 0.0632 e. The fourth-order valence-corrected chi connectivity index (χ4v) is 3.36. The largest absolute Gasteiger partial charge is 1.00 e. The Kier molecular flexibility index (Phi) is 15.0. The van der Waals surface area contributed by atoms with Crippen LogP contribution in [0.3, 0.4) is 0 Å². The second kappa shape index (κ2) is 14.3. The molecule has 3 heteroatoms. The van der Waals surface area contributed by atoms with Gasteiger partial charge in [-0.3, -0.25) is 0 Å². The summed E-state index contributed by atoms with van der Waals surface area (Å²) in [6.45, 7) is 19.5. The molecule has 0 fully saturated rings. The molecule has 0 unspecified atom stereocenters. The van der Waals surface area contributed by atoms with Gasteiger partial charge in [0.1, 0.15) is 0 Å². The van der Waals surface area contributed by atoms with E-state index >= 15 is 0 Å². The molecular formula is C26H34Cl2Zr-2. The predicted molar refractivity (Wildman–Crippen MR) is 118 cm³/mol. The van der Waals surface area contributed by atoms with Gasteiger partial charge in [0.05, 0.1) is 0 Å². The van der Waals surface area contributed by atoms with Crippen molar-refractivity contribution >= 4 is 3.21 Å². The third kappa shape index (κ3) is 9.29. The zero-order valence-electron chi connectivity index (χ0n) is 19.3. The molecule has 0 bridgehead atoms. The number of hydrogen-bond acceptors (Lipinski definition) is 0. The van der Waals surface area contributed by atoms with Gasteiger partial charge in [-0.2, -0.15) is 56.6 Å².